The van der Waals surface area contributed by atoms with Crippen LogP contribution in [0.2, 0.25) is 0 Å². The van der Waals surface area contributed by atoms with Gasteiger partial charge < -0.3 is 9.64 Å². The summed E-state index contributed by atoms with van der Waals surface area (Å²) in [5.74, 6) is 0.551. The lowest BCUT2D eigenvalue weighted by Gasteiger charge is -2.37. The quantitative estimate of drug-likeness (QED) is 0.740. The Hall–Kier alpha value is -0.570. The molecule has 3 heteroatoms. The zero-order chi connectivity index (χ0) is 12.8. The van der Waals surface area contributed by atoms with Crippen molar-refractivity contribution < 1.29 is 9.53 Å². The Kier molecular flexibility index (Phi) is 5.96. The maximum atomic E-state index is 12.4. The highest BCUT2D eigenvalue weighted by atomic mass is 16.5. The van der Waals surface area contributed by atoms with Crippen molar-refractivity contribution in [1.29, 1.82) is 0 Å². The molecule has 0 aromatic rings. The number of hydrogen-bond donors (Lipinski definition) is 0. The summed E-state index contributed by atoms with van der Waals surface area (Å²) in [7, 11) is 0. The lowest BCUT2D eigenvalue weighted by Crippen LogP contribution is -2.50. The zero-order valence-electron chi connectivity index (χ0n) is 11.7. The maximum Gasteiger partial charge on any atom is 0.225 e. The van der Waals surface area contributed by atoms with E-state index in [1.165, 1.54) is 6.42 Å². The van der Waals surface area contributed by atoms with Gasteiger partial charge in [0.05, 0.1) is 12.2 Å². The average Bonchev–Trinajstić information content (AvgIpc) is 2.28. The minimum Gasteiger partial charge on any atom is -0.372 e. The van der Waals surface area contributed by atoms with E-state index >= 15 is 0 Å². The fourth-order valence-corrected chi connectivity index (χ4v) is 2.57. The molecule has 0 aromatic heterocycles. The first-order valence-electron chi connectivity index (χ1n) is 7.02. The molecule has 3 nitrogen and oxygen atoms in total. The predicted molar refractivity (Wildman–Crippen MR) is 69.9 cm³/mol. The molecule has 0 aromatic carbocycles. The zero-order valence-corrected chi connectivity index (χ0v) is 11.7. The van der Waals surface area contributed by atoms with Crippen molar-refractivity contribution in [2.24, 2.45) is 5.92 Å². The van der Waals surface area contributed by atoms with Gasteiger partial charge in [-0.2, -0.15) is 0 Å². The standard InChI is InChI=1S/C14H27NO2/c1-5-7-8-13(6-2)14(16)15-9-11(3)17-12(4)10-15/h11-13H,5-10H2,1-4H3/t11-,12-,13+/m1/s1. The Bertz CT molecular complexity index is 232. The van der Waals surface area contributed by atoms with Crippen molar-refractivity contribution in [3.05, 3.63) is 0 Å². The molecule has 3 atom stereocenters. The van der Waals surface area contributed by atoms with Crippen molar-refractivity contribution in [3.8, 4) is 0 Å². The molecular formula is C14H27NO2. The number of unbranched alkanes of at least 4 members (excludes halogenated alkanes) is 1. The fourth-order valence-electron chi connectivity index (χ4n) is 2.57. The van der Waals surface area contributed by atoms with Gasteiger partial charge in [0, 0.05) is 19.0 Å². The number of rotatable bonds is 5. The van der Waals surface area contributed by atoms with E-state index in [0.717, 1.165) is 32.4 Å². The second-order valence-corrected chi connectivity index (χ2v) is 5.25. The number of carbonyl (C=O) groups excluding carboxylic acids is 1. The molecule has 0 aliphatic carbocycles. The van der Waals surface area contributed by atoms with E-state index in [1.807, 2.05) is 18.7 Å². The highest BCUT2D eigenvalue weighted by Crippen LogP contribution is 2.19. The second kappa shape index (κ2) is 7.00. The number of carbonyl (C=O) groups is 1. The van der Waals surface area contributed by atoms with Gasteiger partial charge >= 0.3 is 0 Å². The SMILES string of the molecule is CCCC[C@H](CC)C(=O)N1C[C@@H](C)O[C@H](C)C1. The molecule has 1 rings (SSSR count). The molecule has 17 heavy (non-hydrogen) atoms. The first-order chi connectivity index (χ1) is 8.08. The van der Waals surface area contributed by atoms with E-state index in [2.05, 4.69) is 13.8 Å². The summed E-state index contributed by atoms with van der Waals surface area (Å²) < 4.78 is 5.67. The number of nitrogens with zero attached hydrogens (tertiary/aromatic N) is 1. The smallest absolute Gasteiger partial charge is 0.225 e. The van der Waals surface area contributed by atoms with E-state index in [1.54, 1.807) is 0 Å². The first kappa shape index (κ1) is 14.5. The third-order valence-electron chi connectivity index (χ3n) is 3.48. The van der Waals surface area contributed by atoms with Gasteiger partial charge in [0.1, 0.15) is 0 Å². The lowest BCUT2D eigenvalue weighted by molar-refractivity contribution is -0.147. The van der Waals surface area contributed by atoms with Crippen LogP contribution < -0.4 is 0 Å². The van der Waals surface area contributed by atoms with E-state index < -0.39 is 0 Å². The van der Waals surface area contributed by atoms with Crippen LogP contribution in [0.25, 0.3) is 0 Å². The summed E-state index contributed by atoms with van der Waals surface area (Å²) in [6.45, 7) is 9.89. The van der Waals surface area contributed by atoms with Crippen LogP contribution in [0.3, 0.4) is 0 Å². The Morgan fingerprint density at radius 3 is 2.35 bits per heavy atom. The van der Waals surface area contributed by atoms with Gasteiger partial charge in [-0.1, -0.05) is 26.7 Å². The van der Waals surface area contributed by atoms with E-state index in [9.17, 15) is 4.79 Å². The van der Waals surface area contributed by atoms with E-state index in [-0.39, 0.29) is 18.1 Å². The van der Waals surface area contributed by atoms with Crippen molar-refractivity contribution in [2.45, 2.75) is 65.6 Å². The molecule has 0 spiro atoms. The number of amides is 1. The number of morpholine rings is 1. The van der Waals surface area contributed by atoms with Gasteiger partial charge in [-0.05, 0) is 26.7 Å². The van der Waals surface area contributed by atoms with Gasteiger partial charge in [-0.25, -0.2) is 0 Å². The molecule has 1 aliphatic rings. The van der Waals surface area contributed by atoms with Crippen molar-refractivity contribution in [3.63, 3.8) is 0 Å². The van der Waals surface area contributed by atoms with Crippen LogP contribution in [0.4, 0.5) is 0 Å². The molecule has 1 fully saturated rings. The molecule has 0 radical (unpaired) electrons. The topological polar surface area (TPSA) is 29.5 Å². The Morgan fingerprint density at radius 1 is 1.29 bits per heavy atom. The summed E-state index contributed by atoms with van der Waals surface area (Å²) >= 11 is 0. The van der Waals surface area contributed by atoms with Gasteiger partial charge in [-0.15, -0.1) is 0 Å². The molecule has 0 bridgehead atoms. The predicted octanol–water partition coefficient (Wildman–Crippen LogP) is 2.84. The molecule has 1 saturated heterocycles. The maximum absolute atomic E-state index is 12.4. The Labute approximate surface area is 106 Å². The van der Waals surface area contributed by atoms with Crippen LogP contribution in [0.1, 0.15) is 53.4 Å². The van der Waals surface area contributed by atoms with Crippen molar-refractivity contribution in [2.75, 3.05) is 13.1 Å². The summed E-state index contributed by atoms with van der Waals surface area (Å²) in [5, 5.41) is 0. The van der Waals surface area contributed by atoms with Gasteiger partial charge in [0.15, 0.2) is 0 Å². The molecule has 1 amide bonds. The normalized spacial score (nSPS) is 26.9. The molecular weight excluding hydrogens is 214 g/mol. The molecule has 0 saturated carbocycles. The first-order valence-corrected chi connectivity index (χ1v) is 7.02. The minimum atomic E-state index is 0.173. The Balaban J connectivity index is 2.54. The fraction of sp³-hybridized carbons (Fsp3) is 0.929. The third-order valence-corrected chi connectivity index (χ3v) is 3.48. The molecule has 0 N–H and O–H groups in total. The summed E-state index contributed by atoms with van der Waals surface area (Å²) in [6, 6.07) is 0. The summed E-state index contributed by atoms with van der Waals surface area (Å²) in [6.07, 6.45) is 4.65. The molecule has 1 heterocycles. The van der Waals surface area contributed by atoms with E-state index in [4.69, 9.17) is 4.74 Å². The van der Waals surface area contributed by atoms with Crippen molar-refractivity contribution in [1.82, 2.24) is 4.90 Å². The summed E-state index contributed by atoms with van der Waals surface area (Å²) in [5.41, 5.74) is 0. The van der Waals surface area contributed by atoms with Gasteiger partial charge in [-0.3, -0.25) is 4.79 Å². The third kappa shape index (κ3) is 4.30. The van der Waals surface area contributed by atoms with Crippen LogP contribution >= 0.6 is 0 Å². The van der Waals surface area contributed by atoms with Crippen LogP contribution in [0.5, 0.6) is 0 Å². The van der Waals surface area contributed by atoms with Crippen LogP contribution in [0, 0.1) is 5.92 Å². The monoisotopic (exact) mass is 241 g/mol. The van der Waals surface area contributed by atoms with Crippen molar-refractivity contribution >= 4 is 5.91 Å². The number of ether oxygens (including phenoxy) is 1. The minimum absolute atomic E-state index is 0.173. The summed E-state index contributed by atoms with van der Waals surface area (Å²) in [4.78, 5) is 14.4. The molecule has 100 valence electrons. The second-order valence-electron chi connectivity index (χ2n) is 5.25. The average molecular weight is 241 g/mol. The van der Waals surface area contributed by atoms with Gasteiger partial charge in [0.25, 0.3) is 0 Å². The van der Waals surface area contributed by atoms with Crippen LogP contribution in [0.15, 0.2) is 0 Å². The lowest BCUT2D eigenvalue weighted by atomic mass is 9.97. The van der Waals surface area contributed by atoms with Gasteiger partial charge in [0.2, 0.25) is 5.91 Å². The molecule has 0 unspecified atom stereocenters. The Morgan fingerprint density at radius 2 is 1.88 bits per heavy atom. The van der Waals surface area contributed by atoms with Crippen LogP contribution in [-0.4, -0.2) is 36.1 Å². The highest BCUT2D eigenvalue weighted by molar-refractivity contribution is 5.79. The molecule has 1 aliphatic heterocycles. The van der Waals surface area contributed by atoms with Crippen LogP contribution in [-0.2, 0) is 9.53 Å². The highest BCUT2D eigenvalue weighted by Gasteiger charge is 2.29. The van der Waals surface area contributed by atoms with E-state index in [0.29, 0.717) is 5.91 Å². The number of hydrogen-bond acceptors (Lipinski definition) is 2. The largest absolute Gasteiger partial charge is 0.372 e.